The van der Waals surface area contributed by atoms with Crippen molar-refractivity contribution in [2.75, 3.05) is 0 Å². The Labute approximate surface area is 401 Å². The van der Waals surface area contributed by atoms with Crippen molar-refractivity contribution in [3.8, 4) is 11.5 Å². The molecule has 0 amide bonds. The van der Waals surface area contributed by atoms with Crippen LogP contribution in [-0.4, -0.2) is 22.8 Å². The van der Waals surface area contributed by atoms with Crippen LogP contribution in [0.4, 0.5) is 0 Å². The Morgan fingerprint density at radius 1 is 0.348 bits per heavy atom. The molecule has 0 spiro atoms. The molecule has 4 nitrogen and oxygen atoms in total. The Morgan fingerprint density at radius 2 is 0.576 bits per heavy atom. The molecule has 0 aliphatic heterocycles. The van der Waals surface area contributed by atoms with Crippen LogP contribution in [0.3, 0.4) is 0 Å². The van der Waals surface area contributed by atoms with Crippen LogP contribution in [0.5, 0.6) is 11.5 Å². The topological polar surface area (TPSA) is 74.6 Å². The Balaban J connectivity index is 1.30. The molecule has 360 valence electrons. The summed E-state index contributed by atoms with van der Waals surface area (Å²) >= 11 is 0. The fourth-order valence-corrected chi connectivity index (χ4v) is 10.7. The molecule has 4 aromatic rings. The van der Waals surface area contributed by atoms with Gasteiger partial charge >= 0.3 is 0 Å². The molecule has 8 bridgehead atoms. The fourth-order valence-electron chi connectivity index (χ4n) is 10.7. The van der Waals surface area contributed by atoms with Crippen molar-refractivity contribution in [2.45, 2.75) is 232 Å². The van der Waals surface area contributed by atoms with Gasteiger partial charge in [-0.05, 0) is 106 Å². The molecule has 0 unspecified atom stereocenters. The Bertz CT molecular complexity index is 1790. The summed E-state index contributed by atoms with van der Waals surface area (Å²) in [5.74, 6) is 0.568. The summed E-state index contributed by atoms with van der Waals surface area (Å²) < 4.78 is 0. The van der Waals surface area contributed by atoms with Crippen molar-refractivity contribution in [3.63, 3.8) is 0 Å². The second-order valence-corrected chi connectivity index (χ2v) is 20.1. The summed E-state index contributed by atoms with van der Waals surface area (Å²) in [6.45, 7) is 4.56. The fraction of sp³-hybridized carbons (Fsp3) is 0.581. The molecule has 2 N–H and O–H groups in total. The maximum absolute atomic E-state index is 12.5. The summed E-state index contributed by atoms with van der Waals surface area (Å²) in [6.07, 6.45) is 42.4. The van der Waals surface area contributed by atoms with Crippen LogP contribution in [-0.2, 0) is 38.5 Å². The molecular weight excluding hydrogens is 809 g/mol. The lowest BCUT2D eigenvalue weighted by molar-refractivity contribution is 0.111. The van der Waals surface area contributed by atoms with E-state index in [1.54, 1.807) is 0 Å². The quantitative estimate of drug-likeness (QED) is 0.0333. The lowest BCUT2D eigenvalue weighted by Gasteiger charge is -2.21. The number of phenolic OH excluding ortho intramolecular Hbond substituents is 2. The predicted octanol–water partition coefficient (Wildman–Crippen LogP) is 17.4. The highest BCUT2D eigenvalue weighted by atomic mass is 16.3. The van der Waals surface area contributed by atoms with E-state index in [1.807, 2.05) is 24.3 Å². The number of hydrogen-bond acceptors (Lipinski definition) is 4. The van der Waals surface area contributed by atoms with Gasteiger partial charge in [0.25, 0.3) is 0 Å². The van der Waals surface area contributed by atoms with E-state index < -0.39 is 0 Å². The van der Waals surface area contributed by atoms with E-state index in [2.05, 4.69) is 50.2 Å². The van der Waals surface area contributed by atoms with Gasteiger partial charge in [0.2, 0.25) is 0 Å². The first-order chi connectivity index (χ1) is 32.4. The third-order valence-corrected chi connectivity index (χ3v) is 14.7. The molecule has 66 heavy (non-hydrogen) atoms. The molecule has 0 fully saturated rings. The van der Waals surface area contributed by atoms with Crippen molar-refractivity contribution in [3.05, 3.63) is 127 Å². The van der Waals surface area contributed by atoms with Gasteiger partial charge in [0.15, 0.2) is 0 Å². The number of carbonyl (C=O) groups is 2. The second kappa shape index (κ2) is 31.0. The lowest BCUT2D eigenvalue weighted by atomic mass is 9.85. The molecule has 4 heteroatoms. The minimum absolute atomic E-state index is 0.284. The SMILES string of the molecule is CCCCCCCCCCCCCCCCc1c2cccc1Cc1cc(C=O)cc(c1O)Cc1cccc(c1CCCCCCCCCCCCCCCC)Cc1cc(C=O)cc(c1O)C2. The average molecular weight is 897 g/mol. The summed E-state index contributed by atoms with van der Waals surface area (Å²) in [5.41, 5.74) is 11.4. The van der Waals surface area contributed by atoms with E-state index in [-0.39, 0.29) is 11.5 Å². The number of benzene rings is 4. The van der Waals surface area contributed by atoms with Crippen molar-refractivity contribution in [1.29, 1.82) is 0 Å². The van der Waals surface area contributed by atoms with Crippen molar-refractivity contribution in [1.82, 2.24) is 0 Å². The van der Waals surface area contributed by atoms with E-state index >= 15 is 0 Å². The van der Waals surface area contributed by atoms with Crippen LogP contribution in [0.25, 0.3) is 0 Å². The van der Waals surface area contributed by atoms with Gasteiger partial charge in [-0.15, -0.1) is 0 Å². The smallest absolute Gasteiger partial charge is 0.150 e. The van der Waals surface area contributed by atoms with Crippen LogP contribution in [0.1, 0.15) is 270 Å². The molecule has 0 heterocycles. The second-order valence-electron chi connectivity index (χ2n) is 20.1. The molecule has 0 saturated heterocycles. The normalized spacial score (nSPS) is 12.4. The number of phenols is 2. The molecule has 5 rings (SSSR count). The third kappa shape index (κ3) is 17.8. The Kier molecular flexibility index (Phi) is 24.8. The van der Waals surface area contributed by atoms with E-state index in [4.69, 9.17) is 0 Å². The molecule has 4 aromatic carbocycles. The highest BCUT2D eigenvalue weighted by Gasteiger charge is 2.21. The number of rotatable bonds is 32. The van der Waals surface area contributed by atoms with E-state index in [1.165, 1.54) is 165 Å². The number of aldehydes is 2. The van der Waals surface area contributed by atoms with Gasteiger partial charge in [0.1, 0.15) is 24.1 Å². The van der Waals surface area contributed by atoms with Gasteiger partial charge in [0, 0.05) is 36.8 Å². The molecule has 0 aromatic heterocycles. The first kappa shape index (κ1) is 52.8. The van der Waals surface area contributed by atoms with E-state index in [9.17, 15) is 19.8 Å². The highest BCUT2D eigenvalue weighted by molar-refractivity contribution is 5.77. The van der Waals surface area contributed by atoms with Gasteiger partial charge in [-0.3, -0.25) is 9.59 Å². The maximum atomic E-state index is 12.5. The highest BCUT2D eigenvalue weighted by Crippen LogP contribution is 2.36. The third-order valence-electron chi connectivity index (χ3n) is 14.7. The number of aromatic hydroxyl groups is 2. The first-order valence-corrected chi connectivity index (χ1v) is 27.2. The predicted molar refractivity (Wildman–Crippen MR) is 279 cm³/mol. The van der Waals surface area contributed by atoms with Crippen LogP contribution in [0, 0.1) is 0 Å². The number of unbranched alkanes of at least 4 members (excludes halogenated alkanes) is 26. The lowest BCUT2D eigenvalue weighted by Crippen LogP contribution is -2.07. The molecule has 0 atom stereocenters. The van der Waals surface area contributed by atoms with Crippen LogP contribution >= 0.6 is 0 Å². The van der Waals surface area contributed by atoms with Crippen molar-refractivity contribution in [2.24, 2.45) is 0 Å². The standard InChI is InChI=1S/C62H88O4/c1-3-5-7-9-11-13-15-17-19-21-23-25-27-29-37-59-51-33-31-34-52(59)44-56-40-50(48-64)42-58(62(56)66)46-54-36-32-35-53(45-57-41-49(47-63)39-55(43-51)61(57)65)60(54)38-30-28-26-24-22-20-18-16-14-12-10-8-6-4-2/h31-36,39-42,47-48,65-66H,3-30,37-38,43-46H2,1-2H3. The molecule has 0 saturated carbocycles. The first-order valence-electron chi connectivity index (χ1n) is 27.2. The van der Waals surface area contributed by atoms with Crippen molar-refractivity contribution < 1.29 is 19.8 Å². The van der Waals surface area contributed by atoms with E-state index in [0.29, 0.717) is 36.8 Å². The minimum Gasteiger partial charge on any atom is -0.507 e. The average Bonchev–Trinajstić information content (AvgIpc) is 3.32. The zero-order valence-corrected chi connectivity index (χ0v) is 41.7. The minimum atomic E-state index is 0.284. The van der Waals surface area contributed by atoms with Crippen LogP contribution in [0.15, 0.2) is 60.7 Å². The molecule has 1 aliphatic carbocycles. The van der Waals surface area contributed by atoms with Gasteiger partial charge in [-0.1, -0.05) is 217 Å². The summed E-state index contributed by atoms with van der Waals surface area (Å²) in [7, 11) is 0. The number of hydrogen-bond donors (Lipinski definition) is 2. The zero-order valence-electron chi connectivity index (χ0n) is 41.7. The number of carbonyl (C=O) groups excluding carboxylic acids is 2. The summed E-state index contributed by atoms with van der Waals surface area (Å²) in [4.78, 5) is 24.9. The monoisotopic (exact) mass is 897 g/mol. The zero-order chi connectivity index (χ0) is 46.6. The molecule has 0 radical (unpaired) electrons. The van der Waals surface area contributed by atoms with Gasteiger partial charge < -0.3 is 10.2 Å². The van der Waals surface area contributed by atoms with Gasteiger partial charge in [-0.25, -0.2) is 0 Å². The molecule has 1 aliphatic rings. The van der Waals surface area contributed by atoms with Gasteiger partial charge in [0.05, 0.1) is 0 Å². The van der Waals surface area contributed by atoms with E-state index in [0.717, 1.165) is 95.6 Å². The Morgan fingerprint density at radius 3 is 0.803 bits per heavy atom. The summed E-state index contributed by atoms with van der Waals surface area (Å²) in [6, 6.07) is 20.3. The van der Waals surface area contributed by atoms with Gasteiger partial charge in [-0.2, -0.15) is 0 Å². The summed E-state index contributed by atoms with van der Waals surface area (Å²) in [5, 5.41) is 24.1. The van der Waals surface area contributed by atoms with Crippen molar-refractivity contribution >= 4 is 12.6 Å². The maximum Gasteiger partial charge on any atom is 0.150 e. The number of fused-ring (bicyclic) bond motifs is 8. The van der Waals surface area contributed by atoms with Crippen LogP contribution in [0.2, 0.25) is 0 Å². The van der Waals surface area contributed by atoms with Crippen LogP contribution < -0.4 is 0 Å². The Hall–Kier alpha value is -4.18. The largest absolute Gasteiger partial charge is 0.507 e. The molecular formula is C62H88O4.